The molecule has 1 aromatic carbocycles. The van der Waals surface area contributed by atoms with Gasteiger partial charge in [0.1, 0.15) is 0 Å². The van der Waals surface area contributed by atoms with E-state index in [4.69, 9.17) is 11.6 Å². The molecule has 2 rings (SSSR count). The van der Waals surface area contributed by atoms with Crippen LogP contribution in [0.3, 0.4) is 0 Å². The smallest absolute Gasteiger partial charge is 0.159 e. The first-order valence-corrected chi connectivity index (χ1v) is 7.33. The van der Waals surface area contributed by atoms with Crippen LogP contribution in [-0.4, -0.2) is 9.78 Å². The molecular formula is C15H18ClF2N3. The van der Waals surface area contributed by atoms with E-state index in [2.05, 4.69) is 10.4 Å². The summed E-state index contributed by atoms with van der Waals surface area (Å²) in [6.07, 6.45) is 0.780. The first-order chi connectivity index (χ1) is 10.1. The predicted octanol–water partition coefficient (Wildman–Crippen LogP) is 3.69. The summed E-state index contributed by atoms with van der Waals surface area (Å²) in [4.78, 5) is 0. The Bertz CT molecular complexity index is 626. The van der Waals surface area contributed by atoms with Gasteiger partial charge in [-0.2, -0.15) is 5.10 Å². The number of rotatable bonds is 6. The molecule has 0 radical (unpaired) electrons. The Balaban J connectivity index is 2.03. The fourth-order valence-corrected chi connectivity index (χ4v) is 2.50. The van der Waals surface area contributed by atoms with E-state index in [0.717, 1.165) is 30.4 Å². The molecule has 0 aliphatic carbocycles. The van der Waals surface area contributed by atoms with Crippen molar-refractivity contribution in [2.75, 3.05) is 0 Å². The lowest BCUT2D eigenvalue weighted by Crippen LogP contribution is -2.16. The molecule has 0 spiro atoms. The monoisotopic (exact) mass is 313 g/mol. The van der Waals surface area contributed by atoms with Crippen LogP contribution in [0.5, 0.6) is 0 Å². The number of nitrogens with one attached hydrogen (secondary N) is 1. The first kappa shape index (κ1) is 15.9. The van der Waals surface area contributed by atoms with E-state index in [-0.39, 0.29) is 0 Å². The third-order valence-electron chi connectivity index (χ3n) is 3.30. The summed E-state index contributed by atoms with van der Waals surface area (Å²) in [5.41, 5.74) is 2.48. The Morgan fingerprint density at radius 3 is 2.57 bits per heavy atom. The molecule has 3 nitrogen and oxygen atoms in total. The summed E-state index contributed by atoms with van der Waals surface area (Å²) in [6, 6.07) is 3.88. The number of aromatic nitrogens is 2. The van der Waals surface area contributed by atoms with Crippen molar-refractivity contribution < 1.29 is 8.78 Å². The molecule has 2 aromatic rings. The van der Waals surface area contributed by atoms with E-state index in [1.54, 1.807) is 6.07 Å². The third-order valence-corrected chi connectivity index (χ3v) is 3.74. The molecule has 0 bridgehead atoms. The Labute approximate surface area is 127 Å². The van der Waals surface area contributed by atoms with Gasteiger partial charge in [0, 0.05) is 19.6 Å². The Kier molecular flexibility index (Phi) is 5.31. The molecular weight excluding hydrogens is 296 g/mol. The number of aryl methyl sites for hydroxylation is 2. The second-order valence-corrected chi connectivity index (χ2v) is 5.11. The number of halogens is 3. The van der Waals surface area contributed by atoms with Gasteiger partial charge in [-0.3, -0.25) is 4.68 Å². The molecule has 0 aliphatic rings. The van der Waals surface area contributed by atoms with Gasteiger partial charge in [-0.15, -0.1) is 0 Å². The van der Waals surface area contributed by atoms with Crippen molar-refractivity contribution in [1.82, 2.24) is 15.1 Å². The molecule has 1 aromatic heterocycles. The molecule has 6 heteroatoms. The van der Waals surface area contributed by atoms with Crippen LogP contribution in [-0.2, 0) is 26.1 Å². The Morgan fingerprint density at radius 1 is 1.19 bits per heavy atom. The van der Waals surface area contributed by atoms with E-state index >= 15 is 0 Å². The summed E-state index contributed by atoms with van der Waals surface area (Å²) in [6.45, 7) is 5.71. The van der Waals surface area contributed by atoms with Gasteiger partial charge in [-0.05, 0) is 31.0 Å². The second kappa shape index (κ2) is 7.00. The standard InChI is InChI=1S/C15H18ClF2N3/c1-3-13-15(16)14(21(4-2)20-13)9-19-8-10-5-6-11(17)12(18)7-10/h5-7,19H,3-4,8-9H2,1-2H3. The minimum absolute atomic E-state index is 0.434. The van der Waals surface area contributed by atoms with Crippen LogP contribution in [0.1, 0.15) is 30.8 Å². The van der Waals surface area contributed by atoms with Crippen molar-refractivity contribution in [3.05, 3.63) is 51.8 Å². The largest absolute Gasteiger partial charge is 0.307 e. The fraction of sp³-hybridized carbons (Fsp3) is 0.400. The molecule has 114 valence electrons. The zero-order valence-electron chi connectivity index (χ0n) is 12.1. The molecule has 1 heterocycles. The van der Waals surface area contributed by atoms with Gasteiger partial charge in [-0.25, -0.2) is 8.78 Å². The summed E-state index contributed by atoms with van der Waals surface area (Å²) in [7, 11) is 0. The normalized spacial score (nSPS) is 11.1. The third kappa shape index (κ3) is 3.60. The van der Waals surface area contributed by atoms with Crippen molar-refractivity contribution in [2.24, 2.45) is 0 Å². The van der Waals surface area contributed by atoms with Crippen LogP contribution in [0.2, 0.25) is 5.02 Å². The van der Waals surface area contributed by atoms with Crippen molar-refractivity contribution >= 4 is 11.6 Å². The van der Waals surface area contributed by atoms with Gasteiger partial charge < -0.3 is 5.32 Å². The highest BCUT2D eigenvalue weighted by molar-refractivity contribution is 6.31. The maximum Gasteiger partial charge on any atom is 0.159 e. The minimum atomic E-state index is -0.835. The van der Waals surface area contributed by atoms with Crippen molar-refractivity contribution in [1.29, 1.82) is 0 Å². The van der Waals surface area contributed by atoms with E-state index in [0.29, 0.717) is 23.7 Å². The lowest BCUT2D eigenvalue weighted by molar-refractivity contribution is 0.505. The summed E-state index contributed by atoms with van der Waals surface area (Å²) in [5.74, 6) is -1.67. The number of hydrogen-bond acceptors (Lipinski definition) is 2. The summed E-state index contributed by atoms with van der Waals surface area (Å²) < 4.78 is 27.8. The van der Waals surface area contributed by atoms with Gasteiger partial charge in [0.25, 0.3) is 0 Å². The molecule has 0 aliphatic heterocycles. The Hall–Kier alpha value is -1.46. The van der Waals surface area contributed by atoms with E-state index in [9.17, 15) is 8.78 Å². The van der Waals surface area contributed by atoms with Gasteiger partial charge in [0.15, 0.2) is 11.6 Å². The van der Waals surface area contributed by atoms with E-state index < -0.39 is 11.6 Å². The molecule has 21 heavy (non-hydrogen) atoms. The average Bonchev–Trinajstić information content (AvgIpc) is 2.79. The summed E-state index contributed by atoms with van der Waals surface area (Å²) in [5, 5.41) is 8.29. The van der Waals surface area contributed by atoms with Crippen LogP contribution in [0.25, 0.3) is 0 Å². The van der Waals surface area contributed by atoms with Crippen molar-refractivity contribution in [3.8, 4) is 0 Å². The lowest BCUT2D eigenvalue weighted by Gasteiger charge is -2.08. The highest BCUT2D eigenvalue weighted by Gasteiger charge is 2.13. The molecule has 0 unspecified atom stereocenters. The quantitative estimate of drug-likeness (QED) is 0.881. The van der Waals surface area contributed by atoms with Gasteiger partial charge in [0.2, 0.25) is 0 Å². The highest BCUT2D eigenvalue weighted by atomic mass is 35.5. The maximum atomic E-state index is 13.1. The highest BCUT2D eigenvalue weighted by Crippen LogP contribution is 2.21. The molecule has 0 amide bonds. The second-order valence-electron chi connectivity index (χ2n) is 4.73. The summed E-state index contributed by atoms with van der Waals surface area (Å²) >= 11 is 6.30. The van der Waals surface area contributed by atoms with Crippen LogP contribution in [0.4, 0.5) is 8.78 Å². The average molecular weight is 314 g/mol. The SMILES string of the molecule is CCc1nn(CC)c(CNCc2ccc(F)c(F)c2)c1Cl. The van der Waals surface area contributed by atoms with E-state index in [1.165, 1.54) is 6.07 Å². The topological polar surface area (TPSA) is 29.9 Å². The van der Waals surface area contributed by atoms with Crippen LogP contribution in [0, 0.1) is 11.6 Å². The molecule has 0 fully saturated rings. The molecule has 0 atom stereocenters. The molecule has 0 saturated carbocycles. The number of nitrogens with zero attached hydrogens (tertiary/aromatic N) is 2. The van der Waals surface area contributed by atoms with Crippen LogP contribution >= 0.6 is 11.6 Å². The molecule has 0 saturated heterocycles. The number of hydrogen-bond donors (Lipinski definition) is 1. The Morgan fingerprint density at radius 2 is 1.95 bits per heavy atom. The predicted molar refractivity (Wildman–Crippen MR) is 79.2 cm³/mol. The van der Waals surface area contributed by atoms with E-state index in [1.807, 2.05) is 18.5 Å². The molecule has 1 N–H and O–H groups in total. The van der Waals surface area contributed by atoms with Gasteiger partial charge in [-0.1, -0.05) is 24.6 Å². The van der Waals surface area contributed by atoms with Crippen molar-refractivity contribution in [3.63, 3.8) is 0 Å². The van der Waals surface area contributed by atoms with Gasteiger partial charge >= 0.3 is 0 Å². The maximum absolute atomic E-state index is 13.1. The zero-order valence-corrected chi connectivity index (χ0v) is 12.8. The lowest BCUT2D eigenvalue weighted by atomic mass is 10.2. The van der Waals surface area contributed by atoms with Crippen LogP contribution < -0.4 is 5.32 Å². The first-order valence-electron chi connectivity index (χ1n) is 6.95. The minimum Gasteiger partial charge on any atom is -0.307 e. The zero-order chi connectivity index (χ0) is 15.4. The van der Waals surface area contributed by atoms with Crippen molar-refractivity contribution in [2.45, 2.75) is 39.9 Å². The fourth-order valence-electron chi connectivity index (χ4n) is 2.16. The van der Waals surface area contributed by atoms with Gasteiger partial charge in [0.05, 0.1) is 16.4 Å². The van der Waals surface area contributed by atoms with Crippen LogP contribution in [0.15, 0.2) is 18.2 Å². The number of benzene rings is 1.